The second-order valence-corrected chi connectivity index (χ2v) is 6.98. The summed E-state index contributed by atoms with van der Waals surface area (Å²) in [4.78, 5) is 18.8. The highest BCUT2D eigenvalue weighted by atomic mass is 35.5. The van der Waals surface area contributed by atoms with Gasteiger partial charge in [-0.15, -0.1) is 69.6 Å². The Hall–Kier alpha value is 0.220. The number of carbonyl (C=O) groups excluding carboxylic acids is 1. The first-order valence-electron chi connectivity index (χ1n) is 6.13. The smallest absolute Gasteiger partial charge is 0.404 e. The first kappa shape index (κ1) is 25.5. The van der Waals surface area contributed by atoms with Crippen LogP contribution in [-0.4, -0.2) is 56.0 Å². The molecule has 136 valence electrons. The summed E-state index contributed by atoms with van der Waals surface area (Å²) in [6.07, 6.45) is 0.123. The first-order chi connectivity index (χ1) is 10.5. The maximum absolute atomic E-state index is 9.60. The molecule has 0 aromatic carbocycles. The van der Waals surface area contributed by atoms with Gasteiger partial charge in [-0.1, -0.05) is 6.58 Å². The summed E-state index contributed by atoms with van der Waals surface area (Å²) in [5.74, 6) is -0.981. The molecule has 1 fully saturated rings. The van der Waals surface area contributed by atoms with Crippen molar-refractivity contribution in [3.63, 3.8) is 0 Å². The Morgan fingerprint density at radius 2 is 1.22 bits per heavy atom. The van der Waals surface area contributed by atoms with Crippen molar-refractivity contribution in [1.82, 2.24) is 0 Å². The maximum atomic E-state index is 9.60. The Labute approximate surface area is 164 Å². The van der Waals surface area contributed by atoms with Gasteiger partial charge in [0.05, 0.1) is 38.9 Å². The molecule has 1 aliphatic rings. The number of alkyl halides is 6. The van der Waals surface area contributed by atoms with Crippen LogP contribution in [0, 0.1) is 0 Å². The Morgan fingerprint density at radius 3 is 1.26 bits per heavy atom. The van der Waals surface area contributed by atoms with Crippen molar-refractivity contribution in [1.29, 1.82) is 0 Å². The van der Waals surface area contributed by atoms with Crippen LogP contribution >= 0.6 is 69.6 Å². The van der Waals surface area contributed by atoms with Crippen LogP contribution in [0.4, 0.5) is 4.79 Å². The summed E-state index contributed by atoms with van der Waals surface area (Å²) in [5, 5.41) is 4.98. The third-order valence-electron chi connectivity index (χ3n) is 2.29. The highest BCUT2D eigenvalue weighted by molar-refractivity contribution is 6.45. The lowest BCUT2D eigenvalue weighted by molar-refractivity contribution is -0.131. The second-order valence-electron chi connectivity index (χ2n) is 3.96. The molecule has 0 unspecified atom stereocenters. The minimum Gasteiger partial charge on any atom is -0.478 e. The minimum absolute atomic E-state index is 0.356. The summed E-state index contributed by atoms with van der Waals surface area (Å²) in [5.41, 5.74) is 4.54. The molecule has 1 saturated carbocycles. The molecule has 11 heteroatoms. The van der Waals surface area contributed by atoms with E-state index in [1.807, 2.05) is 0 Å². The molecule has 5 nitrogen and oxygen atoms in total. The Balaban J connectivity index is 0. The SMILES string of the molecule is C=CC(=O)O.CCOC(N)=O.ClC1C(Cl)C(Cl)C(Cl)C(Cl)C1Cl. The Bertz CT molecular complexity index is 328. The van der Waals surface area contributed by atoms with Gasteiger partial charge in [0.2, 0.25) is 0 Å². The van der Waals surface area contributed by atoms with E-state index in [4.69, 9.17) is 74.7 Å². The zero-order chi connectivity index (χ0) is 18.7. The molecule has 1 rings (SSSR count). The van der Waals surface area contributed by atoms with Crippen molar-refractivity contribution in [2.24, 2.45) is 5.73 Å². The number of aliphatic carboxylic acids is 1. The van der Waals surface area contributed by atoms with Crippen LogP contribution in [0.5, 0.6) is 0 Å². The van der Waals surface area contributed by atoms with Crippen molar-refractivity contribution in [3.05, 3.63) is 12.7 Å². The number of rotatable bonds is 2. The van der Waals surface area contributed by atoms with Gasteiger partial charge < -0.3 is 15.6 Å². The van der Waals surface area contributed by atoms with Crippen molar-refractivity contribution >= 4 is 81.7 Å². The topological polar surface area (TPSA) is 89.6 Å². The monoisotopic (exact) mass is 449 g/mol. The molecule has 23 heavy (non-hydrogen) atoms. The normalized spacial score (nSPS) is 32.3. The fourth-order valence-corrected chi connectivity index (χ4v) is 3.52. The van der Waals surface area contributed by atoms with Gasteiger partial charge in [-0.3, -0.25) is 0 Å². The fourth-order valence-electron chi connectivity index (χ4n) is 1.20. The summed E-state index contributed by atoms with van der Waals surface area (Å²) < 4.78 is 4.18. The number of nitrogens with two attached hydrogens (primary N) is 1. The van der Waals surface area contributed by atoms with E-state index in [0.717, 1.165) is 6.08 Å². The van der Waals surface area contributed by atoms with Gasteiger partial charge in [0.25, 0.3) is 0 Å². The molecule has 0 aliphatic heterocycles. The van der Waals surface area contributed by atoms with Crippen LogP contribution in [0.3, 0.4) is 0 Å². The predicted octanol–water partition coefficient (Wildman–Crippen LogP) is 4.00. The highest BCUT2D eigenvalue weighted by Gasteiger charge is 2.46. The van der Waals surface area contributed by atoms with E-state index in [1.54, 1.807) is 6.92 Å². The van der Waals surface area contributed by atoms with Gasteiger partial charge in [-0.2, -0.15) is 0 Å². The molecule has 0 aromatic rings. The molecule has 0 radical (unpaired) electrons. The van der Waals surface area contributed by atoms with E-state index in [-0.39, 0.29) is 0 Å². The number of hydrogen-bond acceptors (Lipinski definition) is 3. The third-order valence-corrected chi connectivity index (χ3v) is 6.32. The van der Waals surface area contributed by atoms with Crippen LogP contribution in [-0.2, 0) is 9.53 Å². The van der Waals surface area contributed by atoms with Gasteiger partial charge in [0.1, 0.15) is 0 Å². The van der Waals surface area contributed by atoms with Crippen LogP contribution in [0.15, 0.2) is 12.7 Å². The largest absolute Gasteiger partial charge is 0.478 e. The summed E-state index contributed by atoms with van der Waals surface area (Å²) in [6, 6.07) is 0. The van der Waals surface area contributed by atoms with Crippen LogP contribution < -0.4 is 5.73 Å². The average molecular weight is 452 g/mol. The fraction of sp³-hybridized carbons (Fsp3) is 0.667. The van der Waals surface area contributed by atoms with Crippen molar-refractivity contribution in [2.45, 2.75) is 39.2 Å². The highest BCUT2D eigenvalue weighted by Crippen LogP contribution is 2.39. The summed E-state index contributed by atoms with van der Waals surface area (Å²) >= 11 is 35.3. The quantitative estimate of drug-likeness (QED) is 0.490. The Morgan fingerprint density at radius 1 is 1.00 bits per heavy atom. The average Bonchev–Trinajstić information content (AvgIpc) is 2.50. The molecule has 1 amide bonds. The lowest BCUT2D eigenvalue weighted by Gasteiger charge is -2.37. The van der Waals surface area contributed by atoms with Crippen molar-refractivity contribution in [3.8, 4) is 0 Å². The number of halogens is 6. The lowest BCUT2D eigenvalue weighted by Crippen LogP contribution is -2.52. The first-order valence-corrected chi connectivity index (χ1v) is 8.75. The number of primary amides is 1. The van der Waals surface area contributed by atoms with Crippen LogP contribution in [0.1, 0.15) is 6.92 Å². The van der Waals surface area contributed by atoms with Crippen LogP contribution in [0.25, 0.3) is 0 Å². The number of carboxylic acids is 1. The maximum Gasteiger partial charge on any atom is 0.404 e. The summed E-state index contributed by atoms with van der Waals surface area (Å²) in [7, 11) is 0. The molecular formula is C12H17Cl6NO4. The van der Waals surface area contributed by atoms with E-state index < -0.39 is 44.3 Å². The molecule has 0 bridgehead atoms. The Kier molecular flexibility index (Phi) is 14.9. The van der Waals surface area contributed by atoms with Gasteiger partial charge in [-0.05, 0) is 6.92 Å². The standard InChI is InChI=1S/C6H6Cl6.C3H7NO2.C3H4O2/c7-1-2(8)4(10)6(12)5(11)3(1)9;1-2-6-3(4)5;1-2-3(4)5/h1-6H;2H2,1H3,(H2,4,5);2H,1H2,(H,4,5). The molecule has 0 heterocycles. The number of ether oxygens (including phenoxy) is 1. The number of hydrogen-bond donors (Lipinski definition) is 2. The molecule has 3 N–H and O–H groups in total. The molecule has 0 atom stereocenters. The van der Waals surface area contributed by atoms with E-state index in [1.165, 1.54) is 0 Å². The van der Waals surface area contributed by atoms with Gasteiger partial charge >= 0.3 is 12.1 Å². The molecule has 0 aromatic heterocycles. The second kappa shape index (κ2) is 13.5. The van der Waals surface area contributed by atoms with Gasteiger partial charge in [0, 0.05) is 6.08 Å². The lowest BCUT2D eigenvalue weighted by atomic mass is 9.97. The van der Waals surface area contributed by atoms with E-state index in [0.29, 0.717) is 6.61 Å². The van der Waals surface area contributed by atoms with Gasteiger partial charge in [0.15, 0.2) is 0 Å². The molecule has 0 spiro atoms. The van der Waals surface area contributed by atoms with Crippen LogP contribution in [0.2, 0.25) is 0 Å². The molecule has 1 aliphatic carbocycles. The van der Waals surface area contributed by atoms with E-state index in [9.17, 15) is 9.59 Å². The van der Waals surface area contributed by atoms with Crippen molar-refractivity contribution < 1.29 is 19.4 Å². The predicted molar refractivity (Wildman–Crippen MR) is 96.9 cm³/mol. The molecular weight excluding hydrogens is 435 g/mol. The minimum atomic E-state index is -0.981. The third kappa shape index (κ3) is 10.6. The number of carboxylic acid groups (broad SMARTS) is 1. The van der Waals surface area contributed by atoms with Crippen molar-refractivity contribution in [2.75, 3.05) is 6.61 Å². The number of amides is 1. The zero-order valence-corrected chi connectivity index (χ0v) is 16.5. The summed E-state index contributed by atoms with van der Waals surface area (Å²) in [6.45, 7) is 5.02. The van der Waals surface area contributed by atoms with E-state index >= 15 is 0 Å². The van der Waals surface area contributed by atoms with E-state index in [2.05, 4.69) is 17.0 Å². The number of carbonyl (C=O) groups is 2. The zero-order valence-electron chi connectivity index (χ0n) is 12.0. The van der Waals surface area contributed by atoms with Gasteiger partial charge in [-0.25, -0.2) is 9.59 Å². The molecule has 0 saturated heterocycles.